The summed E-state index contributed by atoms with van der Waals surface area (Å²) in [5.74, 6) is -0.209. The Labute approximate surface area is 95.0 Å². The highest BCUT2D eigenvalue weighted by molar-refractivity contribution is 5.80. The average molecular weight is 223 g/mol. The highest BCUT2D eigenvalue weighted by Crippen LogP contribution is 2.20. The second-order valence-electron chi connectivity index (χ2n) is 4.21. The smallest absolute Gasteiger partial charge is 0.325 e. The van der Waals surface area contributed by atoms with Gasteiger partial charge in [0.1, 0.15) is 11.3 Å². The minimum Gasteiger partial charge on any atom is -0.508 e. The number of aryl methyl sites for hydroxylation is 1. The zero-order chi connectivity index (χ0) is 12.3. The summed E-state index contributed by atoms with van der Waals surface area (Å²) in [6.07, 6.45) is 0.376. The van der Waals surface area contributed by atoms with Crippen molar-refractivity contribution in [3.05, 3.63) is 29.3 Å². The average Bonchev–Trinajstić information content (AvgIpc) is 2.22. The molecule has 0 aliphatic rings. The van der Waals surface area contributed by atoms with Crippen molar-refractivity contribution in [1.82, 2.24) is 0 Å². The Kier molecular flexibility index (Phi) is 3.55. The SMILES string of the molecule is COC(=O)C(C)(N)Cc1ccc(O)c(C)c1. The zero-order valence-electron chi connectivity index (χ0n) is 9.78. The summed E-state index contributed by atoms with van der Waals surface area (Å²) in [5.41, 5.74) is 6.47. The van der Waals surface area contributed by atoms with E-state index in [-0.39, 0.29) is 5.75 Å². The quantitative estimate of drug-likeness (QED) is 0.753. The van der Waals surface area contributed by atoms with Crippen LogP contribution in [0.25, 0.3) is 0 Å². The van der Waals surface area contributed by atoms with Gasteiger partial charge in [0.2, 0.25) is 0 Å². The number of nitrogens with two attached hydrogens (primary N) is 1. The summed E-state index contributed by atoms with van der Waals surface area (Å²) < 4.78 is 4.63. The van der Waals surface area contributed by atoms with Crippen molar-refractivity contribution in [2.45, 2.75) is 25.8 Å². The van der Waals surface area contributed by atoms with E-state index in [9.17, 15) is 9.90 Å². The topological polar surface area (TPSA) is 72.5 Å². The third-order valence-electron chi connectivity index (χ3n) is 2.48. The Morgan fingerprint density at radius 2 is 2.19 bits per heavy atom. The largest absolute Gasteiger partial charge is 0.508 e. The summed E-state index contributed by atoms with van der Waals surface area (Å²) in [6, 6.07) is 5.15. The molecule has 0 heterocycles. The number of hydrogen-bond acceptors (Lipinski definition) is 4. The lowest BCUT2D eigenvalue weighted by atomic mass is 9.93. The van der Waals surface area contributed by atoms with Crippen LogP contribution in [-0.4, -0.2) is 23.7 Å². The Hall–Kier alpha value is -1.55. The van der Waals surface area contributed by atoms with Gasteiger partial charge in [0.25, 0.3) is 0 Å². The number of esters is 1. The Bertz CT molecular complexity index is 399. The molecule has 1 rings (SSSR count). The number of phenolic OH excluding ortho intramolecular Hbond substituents is 1. The first kappa shape index (κ1) is 12.5. The van der Waals surface area contributed by atoms with E-state index in [0.29, 0.717) is 6.42 Å². The van der Waals surface area contributed by atoms with Crippen LogP contribution < -0.4 is 5.73 Å². The van der Waals surface area contributed by atoms with Gasteiger partial charge in [0.05, 0.1) is 7.11 Å². The van der Waals surface area contributed by atoms with Crippen LogP contribution in [0.15, 0.2) is 18.2 Å². The molecule has 1 unspecified atom stereocenters. The molecule has 0 aliphatic heterocycles. The van der Waals surface area contributed by atoms with Gasteiger partial charge in [-0.2, -0.15) is 0 Å². The van der Waals surface area contributed by atoms with Crippen LogP contribution in [0, 0.1) is 6.92 Å². The minimum absolute atomic E-state index is 0.237. The molecule has 0 spiro atoms. The number of hydrogen-bond donors (Lipinski definition) is 2. The maximum Gasteiger partial charge on any atom is 0.325 e. The van der Waals surface area contributed by atoms with Crippen molar-refractivity contribution in [3.63, 3.8) is 0 Å². The molecule has 1 aromatic carbocycles. The van der Waals surface area contributed by atoms with E-state index in [1.165, 1.54) is 7.11 Å². The Morgan fingerprint density at radius 1 is 1.56 bits per heavy atom. The molecule has 4 heteroatoms. The second-order valence-corrected chi connectivity index (χ2v) is 4.21. The summed E-state index contributed by atoms with van der Waals surface area (Å²) in [5, 5.41) is 9.37. The molecule has 0 bridgehead atoms. The molecule has 0 saturated heterocycles. The summed E-state index contributed by atoms with van der Waals surface area (Å²) in [6.45, 7) is 3.42. The van der Waals surface area contributed by atoms with E-state index in [0.717, 1.165) is 11.1 Å². The van der Waals surface area contributed by atoms with E-state index in [1.54, 1.807) is 26.0 Å². The zero-order valence-corrected chi connectivity index (χ0v) is 9.78. The predicted octanol–water partition coefficient (Wildman–Crippen LogP) is 1.13. The first-order valence-corrected chi connectivity index (χ1v) is 5.02. The summed E-state index contributed by atoms with van der Waals surface area (Å²) >= 11 is 0. The lowest BCUT2D eigenvalue weighted by molar-refractivity contribution is -0.146. The number of carbonyl (C=O) groups excluding carboxylic acids is 1. The van der Waals surface area contributed by atoms with Crippen molar-refractivity contribution < 1.29 is 14.6 Å². The number of phenols is 1. The molecule has 0 aromatic heterocycles. The second kappa shape index (κ2) is 4.53. The Balaban J connectivity index is 2.88. The molecule has 0 amide bonds. The third kappa shape index (κ3) is 2.73. The van der Waals surface area contributed by atoms with Crippen molar-refractivity contribution >= 4 is 5.97 Å². The van der Waals surface area contributed by atoms with E-state index in [1.807, 2.05) is 6.07 Å². The molecule has 4 nitrogen and oxygen atoms in total. The molecule has 1 aromatic rings. The van der Waals surface area contributed by atoms with Crippen molar-refractivity contribution in [1.29, 1.82) is 0 Å². The fourth-order valence-electron chi connectivity index (χ4n) is 1.56. The van der Waals surface area contributed by atoms with Crippen LogP contribution in [0.4, 0.5) is 0 Å². The molecule has 0 radical (unpaired) electrons. The minimum atomic E-state index is -1.04. The normalized spacial score (nSPS) is 14.2. The van der Waals surface area contributed by atoms with Gasteiger partial charge in [-0.3, -0.25) is 4.79 Å². The predicted molar refractivity (Wildman–Crippen MR) is 61.2 cm³/mol. The van der Waals surface area contributed by atoms with Gasteiger partial charge in [-0.15, -0.1) is 0 Å². The summed E-state index contributed by atoms with van der Waals surface area (Å²) in [4.78, 5) is 11.4. The fraction of sp³-hybridized carbons (Fsp3) is 0.417. The van der Waals surface area contributed by atoms with Gasteiger partial charge >= 0.3 is 5.97 Å². The molecule has 88 valence electrons. The van der Waals surface area contributed by atoms with Gasteiger partial charge < -0.3 is 15.6 Å². The molecular weight excluding hydrogens is 206 g/mol. The van der Waals surface area contributed by atoms with E-state index >= 15 is 0 Å². The third-order valence-corrected chi connectivity index (χ3v) is 2.48. The van der Waals surface area contributed by atoms with Gasteiger partial charge in [0, 0.05) is 6.42 Å². The Morgan fingerprint density at radius 3 is 2.69 bits per heavy atom. The van der Waals surface area contributed by atoms with Crippen molar-refractivity contribution in [2.75, 3.05) is 7.11 Å². The maximum absolute atomic E-state index is 11.4. The number of aromatic hydroxyl groups is 1. The maximum atomic E-state index is 11.4. The van der Waals surface area contributed by atoms with Crippen LogP contribution in [-0.2, 0) is 16.0 Å². The van der Waals surface area contributed by atoms with Gasteiger partial charge in [-0.05, 0) is 31.0 Å². The first-order valence-electron chi connectivity index (χ1n) is 5.02. The van der Waals surface area contributed by atoms with Crippen LogP contribution in [0.3, 0.4) is 0 Å². The van der Waals surface area contributed by atoms with E-state index in [4.69, 9.17) is 5.73 Å². The molecular formula is C12H17NO3. The number of carbonyl (C=O) groups is 1. The number of methoxy groups -OCH3 is 1. The molecule has 0 fully saturated rings. The van der Waals surface area contributed by atoms with Gasteiger partial charge in [-0.25, -0.2) is 0 Å². The van der Waals surface area contributed by atoms with Crippen LogP contribution in [0.2, 0.25) is 0 Å². The lowest BCUT2D eigenvalue weighted by Crippen LogP contribution is -2.47. The lowest BCUT2D eigenvalue weighted by Gasteiger charge is -2.21. The number of rotatable bonds is 3. The fourth-order valence-corrected chi connectivity index (χ4v) is 1.56. The molecule has 16 heavy (non-hydrogen) atoms. The number of benzene rings is 1. The highest BCUT2D eigenvalue weighted by atomic mass is 16.5. The monoisotopic (exact) mass is 223 g/mol. The van der Waals surface area contributed by atoms with Crippen LogP contribution in [0.5, 0.6) is 5.75 Å². The highest BCUT2D eigenvalue weighted by Gasteiger charge is 2.29. The van der Waals surface area contributed by atoms with Crippen LogP contribution in [0.1, 0.15) is 18.1 Å². The standard InChI is InChI=1S/C12H17NO3/c1-8-6-9(4-5-10(8)14)7-12(2,13)11(15)16-3/h4-6,14H,7,13H2,1-3H3. The van der Waals surface area contributed by atoms with Crippen molar-refractivity contribution in [3.8, 4) is 5.75 Å². The van der Waals surface area contributed by atoms with Gasteiger partial charge in [0.15, 0.2) is 0 Å². The van der Waals surface area contributed by atoms with E-state index in [2.05, 4.69) is 4.74 Å². The molecule has 1 atom stereocenters. The van der Waals surface area contributed by atoms with Gasteiger partial charge in [-0.1, -0.05) is 12.1 Å². The number of ether oxygens (including phenoxy) is 1. The van der Waals surface area contributed by atoms with E-state index < -0.39 is 11.5 Å². The molecule has 0 aliphatic carbocycles. The van der Waals surface area contributed by atoms with Crippen LogP contribution >= 0.6 is 0 Å². The first-order chi connectivity index (χ1) is 7.36. The van der Waals surface area contributed by atoms with Crippen molar-refractivity contribution in [2.24, 2.45) is 5.73 Å². The summed E-state index contributed by atoms with van der Waals surface area (Å²) in [7, 11) is 1.31. The molecule has 0 saturated carbocycles. The molecule has 3 N–H and O–H groups in total.